The lowest BCUT2D eigenvalue weighted by molar-refractivity contribution is 0.100. The van der Waals surface area contributed by atoms with E-state index in [0.29, 0.717) is 11.2 Å². The molecule has 5 nitrogen and oxygen atoms in total. The number of benzene rings is 2. The molecule has 24 heavy (non-hydrogen) atoms. The van der Waals surface area contributed by atoms with E-state index in [1.165, 1.54) is 6.20 Å². The van der Waals surface area contributed by atoms with Crippen molar-refractivity contribution in [2.24, 2.45) is 5.73 Å². The van der Waals surface area contributed by atoms with Crippen LogP contribution in [0.25, 0.3) is 28.2 Å². The quantitative estimate of drug-likeness (QED) is 0.631. The molecule has 0 bridgehead atoms. The zero-order valence-electron chi connectivity index (χ0n) is 12.8. The topological polar surface area (TPSA) is 73.3 Å². The SMILES string of the molecule is NC(=O)c1cnn2c(-c3ccccc3)cc(-c3ccccc3)nc12. The van der Waals surface area contributed by atoms with Crippen LogP contribution in [0.3, 0.4) is 0 Å². The van der Waals surface area contributed by atoms with Gasteiger partial charge in [0.1, 0.15) is 5.56 Å². The molecule has 0 unspecified atom stereocenters. The van der Waals surface area contributed by atoms with E-state index in [0.717, 1.165) is 22.5 Å². The Morgan fingerprint density at radius 2 is 1.54 bits per heavy atom. The first kappa shape index (κ1) is 14.1. The van der Waals surface area contributed by atoms with E-state index in [9.17, 15) is 4.79 Å². The Morgan fingerprint density at radius 1 is 0.917 bits per heavy atom. The number of fused-ring (bicyclic) bond motifs is 1. The molecule has 5 heteroatoms. The molecule has 2 aromatic heterocycles. The van der Waals surface area contributed by atoms with Crippen LogP contribution in [0, 0.1) is 0 Å². The number of hydrogen-bond acceptors (Lipinski definition) is 3. The number of rotatable bonds is 3. The molecule has 0 radical (unpaired) electrons. The summed E-state index contributed by atoms with van der Waals surface area (Å²) in [7, 11) is 0. The normalized spacial score (nSPS) is 10.8. The fourth-order valence-corrected chi connectivity index (χ4v) is 2.71. The van der Waals surface area contributed by atoms with Crippen molar-refractivity contribution in [2.75, 3.05) is 0 Å². The van der Waals surface area contributed by atoms with Crippen molar-refractivity contribution in [2.45, 2.75) is 0 Å². The molecule has 0 aliphatic rings. The van der Waals surface area contributed by atoms with Crippen LogP contribution in [0.4, 0.5) is 0 Å². The molecular weight excluding hydrogens is 300 g/mol. The third-order valence-electron chi connectivity index (χ3n) is 3.88. The van der Waals surface area contributed by atoms with Crippen LogP contribution in [0.2, 0.25) is 0 Å². The van der Waals surface area contributed by atoms with Gasteiger partial charge in [0.15, 0.2) is 5.65 Å². The lowest BCUT2D eigenvalue weighted by atomic mass is 10.1. The van der Waals surface area contributed by atoms with Gasteiger partial charge in [-0.25, -0.2) is 9.50 Å². The Hall–Kier alpha value is -3.47. The highest BCUT2D eigenvalue weighted by molar-refractivity contribution is 5.99. The van der Waals surface area contributed by atoms with Gasteiger partial charge < -0.3 is 5.73 Å². The molecular formula is C19H14N4O. The molecule has 0 aliphatic heterocycles. The monoisotopic (exact) mass is 314 g/mol. The number of aromatic nitrogens is 3. The molecule has 0 saturated carbocycles. The van der Waals surface area contributed by atoms with Crippen LogP contribution in [0.15, 0.2) is 72.9 Å². The predicted molar refractivity (Wildman–Crippen MR) is 92.4 cm³/mol. The molecule has 0 fully saturated rings. The van der Waals surface area contributed by atoms with Gasteiger partial charge in [-0.2, -0.15) is 5.10 Å². The van der Waals surface area contributed by atoms with Gasteiger partial charge in [-0.15, -0.1) is 0 Å². The predicted octanol–water partition coefficient (Wildman–Crippen LogP) is 3.16. The second-order valence-electron chi connectivity index (χ2n) is 5.42. The number of nitrogens with zero attached hydrogens (tertiary/aromatic N) is 3. The number of hydrogen-bond donors (Lipinski definition) is 1. The third kappa shape index (κ3) is 2.32. The van der Waals surface area contributed by atoms with Crippen molar-refractivity contribution < 1.29 is 4.79 Å². The highest BCUT2D eigenvalue weighted by Gasteiger charge is 2.16. The largest absolute Gasteiger partial charge is 0.365 e. The molecule has 4 rings (SSSR count). The highest BCUT2D eigenvalue weighted by atomic mass is 16.1. The van der Waals surface area contributed by atoms with Crippen molar-refractivity contribution in [1.82, 2.24) is 14.6 Å². The minimum Gasteiger partial charge on any atom is -0.365 e. The zero-order valence-corrected chi connectivity index (χ0v) is 12.8. The van der Waals surface area contributed by atoms with Crippen molar-refractivity contribution >= 4 is 11.6 Å². The molecule has 2 N–H and O–H groups in total. The summed E-state index contributed by atoms with van der Waals surface area (Å²) < 4.78 is 1.65. The maximum Gasteiger partial charge on any atom is 0.254 e. The van der Waals surface area contributed by atoms with E-state index < -0.39 is 5.91 Å². The van der Waals surface area contributed by atoms with Crippen molar-refractivity contribution in [3.8, 4) is 22.5 Å². The van der Waals surface area contributed by atoms with Crippen LogP contribution >= 0.6 is 0 Å². The van der Waals surface area contributed by atoms with E-state index >= 15 is 0 Å². The van der Waals surface area contributed by atoms with Crippen LogP contribution < -0.4 is 5.73 Å². The number of primary amides is 1. The maximum atomic E-state index is 11.7. The van der Waals surface area contributed by atoms with Crippen LogP contribution in [0.1, 0.15) is 10.4 Å². The van der Waals surface area contributed by atoms with Crippen molar-refractivity contribution in [3.63, 3.8) is 0 Å². The van der Waals surface area contributed by atoms with Crippen molar-refractivity contribution in [1.29, 1.82) is 0 Å². The van der Waals surface area contributed by atoms with Gasteiger partial charge >= 0.3 is 0 Å². The fourth-order valence-electron chi connectivity index (χ4n) is 2.71. The summed E-state index contributed by atoms with van der Waals surface area (Å²) in [6.07, 6.45) is 1.46. The number of nitrogens with two attached hydrogens (primary N) is 1. The van der Waals surface area contributed by atoms with Gasteiger partial charge in [0.2, 0.25) is 0 Å². The smallest absolute Gasteiger partial charge is 0.254 e. The average Bonchev–Trinajstić information content (AvgIpc) is 3.06. The Balaban J connectivity index is 2.05. The molecule has 1 amide bonds. The summed E-state index contributed by atoms with van der Waals surface area (Å²) in [5.41, 5.74) is 9.82. The Labute approximate surface area is 138 Å². The first-order chi connectivity index (χ1) is 11.7. The summed E-state index contributed by atoms with van der Waals surface area (Å²) in [5.74, 6) is -0.540. The number of amides is 1. The second-order valence-corrected chi connectivity index (χ2v) is 5.42. The van der Waals surface area contributed by atoms with E-state index in [1.54, 1.807) is 4.52 Å². The fraction of sp³-hybridized carbons (Fsp3) is 0. The van der Waals surface area contributed by atoms with E-state index in [4.69, 9.17) is 5.73 Å². The van der Waals surface area contributed by atoms with E-state index in [-0.39, 0.29) is 0 Å². The van der Waals surface area contributed by atoms with Crippen LogP contribution in [-0.2, 0) is 0 Å². The highest BCUT2D eigenvalue weighted by Crippen LogP contribution is 2.27. The summed E-state index contributed by atoms with van der Waals surface area (Å²) in [6, 6.07) is 21.7. The second kappa shape index (κ2) is 5.62. The molecule has 0 spiro atoms. The molecule has 116 valence electrons. The lowest BCUT2D eigenvalue weighted by Crippen LogP contribution is -2.11. The van der Waals surface area contributed by atoms with Gasteiger partial charge in [-0.3, -0.25) is 4.79 Å². The summed E-state index contributed by atoms with van der Waals surface area (Å²) in [6.45, 7) is 0. The van der Waals surface area contributed by atoms with Gasteiger partial charge in [0, 0.05) is 11.1 Å². The molecule has 2 heterocycles. The Bertz CT molecular complexity index is 1020. The molecule has 2 aromatic carbocycles. The molecule has 4 aromatic rings. The number of carbonyl (C=O) groups is 1. The Morgan fingerprint density at radius 3 is 2.17 bits per heavy atom. The first-order valence-corrected chi connectivity index (χ1v) is 7.53. The first-order valence-electron chi connectivity index (χ1n) is 7.53. The lowest BCUT2D eigenvalue weighted by Gasteiger charge is -2.09. The minimum absolute atomic E-state index is 0.310. The van der Waals surface area contributed by atoms with E-state index in [1.807, 2.05) is 66.7 Å². The minimum atomic E-state index is -0.540. The van der Waals surface area contributed by atoms with Crippen LogP contribution in [0.5, 0.6) is 0 Å². The Kier molecular flexibility index (Phi) is 3.31. The summed E-state index contributed by atoms with van der Waals surface area (Å²) in [4.78, 5) is 16.3. The van der Waals surface area contributed by atoms with E-state index in [2.05, 4.69) is 10.1 Å². The third-order valence-corrected chi connectivity index (χ3v) is 3.88. The van der Waals surface area contributed by atoms with Gasteiger partial charge in [-0.1, -0.05) is 60.7 Å². The molecule has 0 saturated heterocycles. The maximum absolute atomic E-state index is 11.7. The van der Waals surface area contributed by atoms with Gasteiger partial charge in [0.05, 0.1) is 17.6 Å². The van der Waals surface area contributed by atoms with Gasteiger partial charge in [-0.05, 0) is 6.07 Å². The van der Waals surface area contributed by atoms with Gasteiger partial charge in [0.25, 0.3) is 5.91 Å². The molecule has 0 aliphatic carbocycles. The zero-order chi connectivity index (χ0) is 16.5. The van der Waals surface area contributed by atoms with Crippen molar-refractivity contribution in [3.05, 3.63) is 78.5 Å². The molecule has 0 atom stereocenters. The summed E-state index contributed by atoms with van der Waals surface area (Å²) in [5, 5.41) is 4.30. The average molecular weight is 314 g/mol. The van der Waals surface area contributed by atoms with Crippen LogP contribution in [-0.4, -0.2) is 20.5 Å². The standard InChI is InChI=1S/C19H14N4O/c20-18(24)15-12-21-23-17(14-9-5-2-6-10-14)11-16(22-19(15)23)13-7-3-1-4-8-13/h1-12H,(H2,20,24). The number of carbonyl (C=O) groups excluding carboxylic acids is 1. The summed E-state index contributed by atoms with van der Waals surface area (Å²) >= 11 is 0.